The van der Waals surface area contributed by atoms with Crippen LogP contribution in [0.4, 0.5) is 0 Å². The van der Waals surface area contributed by atoms with Gasteiger partial charge in [0, 0.05) is 18.0 Å². The lowest BCUT2D eigenvalue weighted by atomic mass is 9.96. The number of aromatic hydroxyl groups is 1. The van der Waals surface area contributed by atoms with Gasteiger partial charge in [0.05, 0.1) is 23.3 Å². The van der Waals surface area contributed by atoms with E-state index in [9.17, 15) is 5.11 Å². The average Bonchev–Trinajstić information content (AvgIpc) is 3.14. The standard InChI is InChI=1S/C18H18BrN3O2S/c1-10-9-22-16(11-7-12(19)17(23)14(8-11)24-2)15(21-18(22)25-10)13-5-3-4-6-20-13/h3-8,10,15-16,23H,9H2,1-2H3/t10-,15-,16-/m0/s1. The molecule has 3 atom stereocenters. The van der Waals surface area contributed by atoms with Crippen LogP contribution >= 0.6 is 27.7 Å². The molecule has 2 aromatic rings. The Kier molecular flexibility index (Phi) is 4.37. The number of fused-ring (bicyclic) bond motifs is 1. The van der Waals surface area contributed by atoms with E-state index >= 15 is 0 Å². The topological polar surface area (TPSA) is 58.0 Å². The summed E-state index contributed by atoms with van der Waals surface area (Å²) < 4.78 is 5.96. The van der Waals surface area contributed by atoms with Crippen LogP contribution in [0.1, 0.15) is 30.3 Å². The first-order chi connectivity index (χ1) is 12.1. The molecule has 4 rings (SSSR count). The Bertz CT molecular complexity index is 831. The first kappa shape index (κ1) is 16.7. The fourth-order valence-corrected chi connectivity index (χ4v) is 4.95. The summed E-state index contributed by atoms with van der Waals surface area (Å²) in [5, 5.41) is 11.7. The van der Waals surface area contributed by atoms with E-state index in [2.05, 4.69) is 32.7 Å². The number of phenolic OH excluding ortho intramolecular Hbond substituents is 1. The van der Waals surface area contributed by atoms with Crippen molar-refractivity contribution in [2.75, 3.05) is 13.7 Å². The van der Waals surface area contributed by atoms with Crippen molar-refractivity contribution in [1.29, 1.82) is 0 Å². The number of aliphatic imine (C=N–C) groups is 1. The van der Waals surface area contributed by atoms with E-state index in [0.29, 0.717) is 15.5 Å². The third-order valence-electron chi connectivity index (χ3n) is 4.49. The number of aromatic nitrogens is 1. The van der Waals surface area contributed by atoms with E-state index in [4.69, 9.17) is 9.73 Å². The number of pyridine rings is 1. The molecular weight excluding hydrogens is 402 g/mol. The highest BCUT2D eigenvalue weighted by molar-refractivity contribution is 9.10. The van der Waals surface area contributed by atoms with Gasteiger partial charge < -0.3 is 14.7 Å². The Morgan fingerprint density at radius 1 is 1.36 bits per heavy atom. The number of methoxy groups -OCH3 is 1. The zero-order chi connectivity index (χ0) is 17.6. The van der Waals surface area contributed by atoms with Crippen LogP contribution in [0.5, 0.6) is 11.5 Å². The molecule has 1 saturated heterocycles. The van der Waals surface area contributed by atoms with Crippen LogP contribution in [-0.4, -0.2) is 39.1 Å². The smallest absolute Gasteiger partial charge is 0.172 e. The molecule has 7 heteroatoms. The molecular formula is C18H18BrN3O2S. The fourth-order valence-electron chi connectivity index (χ4n) is 3.40. The second-order valence-corrected chi connectivity index (χ2v) is 8.45. The molecule has 0 unspecified atom stereocenters. The van der Waals surface area contributed by atoms with E-state index in [0.717, 1.165) is 23.0 Å². The number of rotatable bonds is 3. The van der Waals surface area contributed by atoms with Crippen LogP contribution in [0.3, 0.4) is 0 Å². The van der Waals surface area contributed by atoms with Crippen LogP contribution in [0.25, 0.3) is 0 Å². The van der Waals surface area contributed by atoms with Crippen molar-refractivity contribution in [3.05, 3.63) is 52.3 Å². The van der Waals surface area contributed by atoms with Gasteiger partial charge in [-0.1, -0.05) is 24.8 Å². The molecule has 25 heavy (non-hydrogen) atoms. The normalized spacial score (nSPS) is 25.0. The van der Waals surface area contributed by atoms with Crippen molar-refractivity contribution in [2.24, 2.45) is 4.99 Å². The van der Waals surface area contributed by atoms with Gasteiger partial charge in [-0.25, -0.2) is 0 Å². The number of hydrogen-bond donors (Lipinski definition) is 1. The van der Waals surface area contributed by atoms with Gasteiger partial charge in [-0.05, 0) is 45.8 Å². The van der Waals surface area contributed by atoms with Crippen LogP contribution < -0.4 is 4.74 Å². The van der Waals surface area contributed by atoms with Crippen molar-refractivity contribution >= 4 is 32.9 Å². The maximum atomic E-state index is 10.1. The van der Waals surface area contributed by atoms with Crippen LogP contribution in [-0.2, 0) is 0 Å². The number of thioether (sulfide) groups is 1. The summed E-state index contributed by atoms with van der Waals surface area (Å²) in [6.45, 7) is 3.16. The minimum Gasteiger partial charge on any atom is -0.503 e. The molecule has 5 nitrogen and oxygen atoms in total. The molecule has 1 aromatic carbocycles. The molecule has 1 aromatic heterocycles. The SMILES string of the molecule is COc1cc([C@H]2[C@H](c3ccccn3)N=C3S[C@@H](C)CN32)cc(Br)c1O. The van der Waals surface area contributed by atoms with Gasteiger partial charge in [0.25, 0.3) is 0 Å². The van der Waals surface area contributed by atoms with Crippen molar-refractivity contribution in [2.45, 2.75) is 24.3 Å². The highest BCUT2D eigenvalue weighted by Gasteiger charge is 2.43. The molecule has 130 valence electrons. The van der Waals surface area contributed by atoms with Gasteiger partial charge in [0.2, 0.25) is 0 Å². The highest BCUT2D eigenvalue weighted by atomic mass is 79.9. The number of nitrogens with zero attached hydrogens (tertiary/aromatic N) is 3. The first-order valence-corrected chi connectivity index (χ1v) is 9.74. The lowest BCUT2D eigenvalue weighted by molar-refractivity contribution is 0.318. The van der Waals surface area contributed by atoms with Crippen LogP contribution in [0, 0.1) is 0 Å². The van der Waals surface area contributed by atoms with Gasteiger partial charge in [0.15, 0.2) is 16.7 Å². The number of benzene rings is 1. The largest absolute Gasteiger partial charge is 0.503 e. The molecule has 1 N–H and O–H groups in total. The molecule has 2 aliphatic heterocycles. The van der Waals surface area contributed by atoms with Crippen molar-refractivity contribution in [3.8, 4) is 11.5 Å². The fraction of sp³-hybridized carbons (Fsp3) is 0.333. The molecule has 1 fully saturated rings. The second-order valence-electron chi connectivity index (χ2n) is 6.19. The zero-order valence-electron chi connectivity index (χ0n) is 13.9. The second kappa shape index (κ2) is 6.53. The molecule has 0 bridgehead atoms. The van der Waals surface area contributed by atoms with Gasteiger partial charge in [0.1, 0.15) is 6.04 Å². The quantitative estimate of drug-likeness (QED) is 0.809. The van der Waals surface area contributed by atoms with E-state index in [-0.39, 0.29) is 17.8 Å². The molecule has 0 amide bonds. The van der Waals surface area contributed by atoms with Gasteiger partial charge in [-0.3, -0.25) is 9.98 Å². The molecule has 2 aliphatic rings. The van der Waals surface area contributed by atoms with Crippen LogP contribution in [0.2, 0.25) is 0 Å². The highest BCUT2D eigenvalue weighted by Crippen LogP contribution is 2.49. The maximum Gasteiger partial charge on any atom is 0.172 e. The lowest BCUT2D eigenvalue weighted by Gasteiger charge is -2.28. The molecule has 0 aliphatic carbocycles. The zero-order valence-corrected chi connectivity index (χ0v) is 16.3. The first-order valence-electron chi connectivity index (χ1n) is 8.07. The van der Waals surface area contributed by atoms with E-state index < -0.39 is 0 Å². The Hall–Kier alpha value is -1.73. The van der Waals surface area contributed by atoms with E-state index in [1.165, 1.54) is 0 Å². The Labute approximate surface area is 159 Å². The summed E-state index contributed by atoms with van der Waals surface area (Å²) in [5.74, 6) is 0.571. The van der Waals surface area contributed by atoms with Gasteiger partial charge in [-0.2, -0.15) is 0 Å². The lowest BCUT2D eigenvalue weighted by Crippen LogP contribution is -2.28. The predicted octanol–water partition coefficient (Wildman–Crippen LogP) is 4.15. The summed E-state index contributed by atoms with van der Waals surface area (Å²) in [7, 11) is 1.56. The summed E-state index contributed by atoms with van der Waals surface area (Å²) in [4.78, 5) is 11.8. The Morgan fingerprint density at radius 3 is 2.92 bits per heavy atom. The summed E-state index contributed by atoms with van der Waals surface area (Å²) in [5.41, 5.74) is 2.00. The summed E-state index contributed by atoms with van der Waals surface area (Å²) in [6.07, 6.45) is 1.80. The third kappa shape index (κ3) is 2.89. The third-order valence-corrected chi connectivity index (χ3v) is 6.20. The van der Waals surface area contributed by atoms with Crippen molar-refractivity contribution in [1.82, 2.24) is 9.88 Å². The van der Waals surface area contributed by atoms with Crippen molar-refractivity contribution < 1.29 is 9.84 Å². The van der Waals surface area contributed by atoms with Crippen molar-refractivity contribution in [3.63, 3.8) is 0 Å². The van der Waals surface area contributed by atoms with Gasteiger partial charge >= 0.3 is 0 Å². The number of phenols is 1. The average molecular weight is 420 g/mol. The van der Waals surface area contributed by atoms with E-state index in [1.54, 1.807) is 25.1 Å². The number of hydrogen-bond acceptors (Lipinski definition) is 6. The maximum absolute atomic E-state index is 10.1. The summed E-state index contributed by atoms with van der Waals surface area (Å²) in [6, 6.07) is 9.73. The monoisotopic (exact) mass is 419 g/mol. The Balaban J connectivity index is 1.81. The summed E-state index contributed by atoms with van der Waals surface area (Å²) >= 11 is 5.24. The predicted molar refractivity (Wildman–Crippen MR) is 103 cm³/mol. The van der Waals surface area contributed by atoms with Gasteiger partial charge in [-0.15, -0.1) is 0 Å². The van der Waals surface area contributed by atoms with Crippen LogP contribution in [0.15, 0.2) is 46.0 Å². The molecule has 0 spiro atoms. The minimum absolute atomic E-state index is 0.0353. The molecule has 0 saturated carbocycles. The minimum atomic E-state index is -0.0719. The molecule has 3 heterocycles. The number of ether oxygens (including phenoxy) is 1. The number of halogens is 1. The molecule has 0 radical (unpaired) electrons. The number of amidine groups is 1. The Morgan fingerprint density at radius 2 is 2.20 bits per heavy atom. The van der Waals surface area contributed by atoms with E-state index in [1.807, 2.05) is 30.3 Å².